The van der Waals surface area contributed by atoms with Gasteiger partial charge in [0.25, 0.3) is 0 Å². The zero-order valence-corrected chi connectivity index (χ0v) is 15.1. The summed E-state index contributed by atoms with van der Waals surface area (Å²) >= 11 is 0. The average Bonchev–Trinajstić information content (AvgIpc) is 3.02. The molecule has 0 bridgehead atoms. The largest absolute Gasteiger partial charge is 0.439 e. The molecule has 26 heavy (non-hydrogen) atoms. The lowest BCUT2D eigenvalue weighted by Crippen LogP contribution is -2.10. The predicted molar refractivity (Wildman–Crippen MR) is 98.7 cm³/mol. The van der Waals surface area contributed by atoms with E-state index in [1.54, 1.807) is 36.5 Å². The Morgan fingerprint density at radius 2 is 1.96 bits per heavy atom. The minimum absolute atomic E-state index is 0.00735. The molecular formula is C19H21N5O2. The highest BCUT2D eigenvalue weighted by Crippen LogP contribution is 2.23. The smallest absolute Gasteiger partial charge is 0.224 e. The number of amides is 1. The summed E-state index contributed by atoms with van der Waals surface area (Å²) in [5, 5.41) is 2.85. The molecule has 3 aromatic rings. The molecule has 0 radical (unpaired) electrons. The van der Waals surface area contributed by atoms with E-state index in [-0.39, 0.29) is 5.91 Å². The van der Waals surface area contributed by atoms with E-state index in [1.165, 1.54) is 0 Å². The van der Waals surface area contributed by atoms with E-state index in [1.807, 2.05) is 31.5 Å². The van der Waals surface area contributed by atoms with Crippen molar-refractivity contribution in [1.82, 2.24) is 19.5 Å². The van der Waals surface area contributed by atoms with Crippen molar-refractivity contribution in [3.8, 4) is 17.4 Å². The van der Waals surface area contributed by atoms with Gasteiger partial charge < -0.3 is 10.1 Å². The zero-order chi connectivity index (χ0) is 18.5. The van der Waals surface area contributed by atoms with E-state index in [0.29, 0.717) is 29.7 Å². The van der Waals surface area contributed by atoms with Gasteiger partial charge in [-0.25, -0.2) is 9.97 Å². The number of carbonyl (C=O) groups is 1. The molecule has 3 rings (SSSR count). The predicted octanol–water partition coefficient (Wildman–Crippen LogP) is 3.81. The van der Waals surface area contributed by atoms with E-state index in [2.05, 4.69) is 20.3 Å². The molecule has 0 spiro atoms. The molecule has 0 atom stereocenters. The first kappa shape index (κ1) is 17.6. The van der Waals surface area contributed by atoms with Gasteiger partial charge in [-0.2, -0.15) is 4.98 Å². The van der Waals surface area contributed by atoms with Crippen molar-refractivity contribution < 1.29 is 9.53 Å². The summed E-state index contributed by atoms with van der Waals surface area (Å²) in [5.74, 6) is 3.22. The Hall–Kier alpha value is -3.22. The molecule has 0 saturated heterocycles. The maximum Gasteiger partial charge on any atom is 0.224 e. The number of carbonyl (C=O) groups excluding carboxylic acids is 1. The average molecular weight is 351 g/mol. The van der Waals surface area contributed by atoms with Crippen molar-refractivity contribution in [2.75, 3.05) is 5.32 Å². The lowest BCUT2D eigenvalue weighted by molar-refractivity contribution is -0.116. The van der Waals surface area contributed by atoms with Gasteiger partial charge in [0.2, 0.25) is 11.8 Å². The highest BCUT2D eigenvalue weighted by molar-refractivity contribution is 5.90. The molecule has 0 aliphatic heterocycles. The fourth-order valence-corrected chi connectivity index (χ4v) is 2.50. The second-order valence-electron chi connectivity index (χ2n) is 5.88. The molecule has 2 heterocycles. The maximum absolute atomic E-state index is 11.6. The minimum atomic E-state index is 0.00735. The highest BCUT2D eigenvalue weighted by Gasteiger charge is 2.08. The van der Waals surface area contributed by atoms with Crippen LogP contribution < -0.4 is 10.1 Å². The van der Waals surface area contributed by atoms with Gasteiger partial charge in [-0.05, 0) is 44.5 Å². The Labute approximate surface area is 152 Å². The molecular weight excluding hydrogens is 330 g/mol. The molecule has 0 fully saturated rings. The number of hydrogen-bond acceptors (Lipinski definition) is 5. The highest BCUT2D eigenvalue weighted by atomic mass is 16.5. The number of ether oxygens (including phenoxy) is 1. The number of rotatable bonds is 6. The molecule has 0 unspecified atom stereocenters. The van der Waals surface area contributed by atoms with Gasteiger partial charge in [0, 0.05) is 30.6 Å². The van der Waals surface area contributed by atoms with Crippen LogP contribution in [0.2, 0.25) is 0 Å². The van der Waals surface area contributed by atoms with Crippen LogP contribution in [0.4, 0.5) is 5.69 Å². The van der Waals surface area contributed by atoms with Crippen LogP contribution in [0.15, 0.2) is 42.7 Å². The Morgan fingerprint density at radius 3 is 2.62 bits per heavy atom. The van der Waals surface area contributed by atoms with Crippen molar-refractivity contribution in [3.05, 3.63) is 54.4 Å². The fraction of sp³-hybridized carbons (Fsp3) is 0.263. The second-order valence-corrected chi connectivity index (χ2v) is 5.88. The van der Waals surface area contributed by atoms with Crippen LogP contribution >= 0.6 is 0 Å². The van der Waals surface area contributed by atoms with Gasteiger partial charge in [0.15, 0.2) is 0 Å². The molecule has 7 heteroatoms. The molecule has 7 nitrogen and oxygen atoms in total. The van der Waals surface area contributed by atoms with Crippen molar-refractivity contribution in [3.63, 3.8) is 0 Å². The number of anilines is 1. The third-order valence-electron chi connectivity index (χ3n) is 3.71. The lowest BCUT2D eigenvalue weighted by atomic mass is 10.2. The summed E-state index contributed by atoms with van der Waals surface area (Å²) < 4.78 is 7.72. The van der Waals surface area contributed by atoms with Gasteiger partial charge in [-0.1, -0.05) is 6.92 Å². The van der Waals surface area contributed by atoms with Crippen LogP contribution in [0, 0.1) is 13.8 Å². The first-order valence-electron chi connectivity index (χ1n) is 8.49. The Morgan fingerprint density at radius 1 is 1.19 bits per heavy atom. The first-order chi connectivity index (χ1) is 12.5. The van der Waals surface area contributed by atoms with Crippen LogP contribution in [0.1, 0.15) is 31.4 Å². The minimum Gasteiger partial charge on any atom is -0.439 e. The van der Waals surface area contributed by atoms with Crippen LogP contribution in [0.5, 0.6) is 11.6 Å². The van der Waals surface area contributed by atoms with Crippen molar-refractivity contribution in [1.29, 1.82) is 0 Å². The maximum atomic E-state index is 11.6. The van der Waals surface area contributed by atoms with Gasteiger partial charge in [0.05, 0.1) is 0 Å². The SMILES string of the molecule is CCCC(=O)Nc1ccc(Oc2cc(-n3ccnc3C)nc(C)n2)cc1. The van der Waals surface area contributed by atoms with Crippen molar-refractivity contribution >= 4 is 11.6 Å². The van der Waals surface area contributed by atoms with Gasteiger partial charge in [0.1, 0.15) is 23.2 Å². The summed E-state index contributed by atoms with van der Waals surface area (Å²) in [5.41, 5.74) is 0.740. The number of nitrogens with one attached hydrogen (secondary N) is 1. The van der Waals surface area contributed by atoms with E-state index < -0.39 is 0 Å². The summed E-state index contributed by atoms with van der Waals surface area (Å²) in [4.78, 5) is 24.6. The lowest BCUT2D eigenvalue weighted by Gasteiger charge is -2.10. The first-order valence-corrected chi connectivity index (χ1v) is 8.49. The number of imidazole rings is 1. The molecule has 1 N–H and O–H groups in total. The van der Waals surface area contributed by atoms with Crippen LogP contribution in [0.25, 0.3) is 5.82 Å². The third-order valence-corrected chi connectivity index (χ3v) is 3.71. The Bertz CT molecular complexity index is 903. The van der Waals surface area contributed by atoms with Crippen LogP contribution in [-0.4, -0.2) is 25.4 Å². The van der Waals surface area contributed by atoms with Gasteiger partial charge in [-0.3, -0.25) is 9.36 Å². The second kappa shape index (κ2) is 7.77. The zero-order valence-electron chi connectivity index (χ0n) is 15.1. The molecule has 0 saturated carbocycles. The van der Waals surface area contributed by atoms with Crippen LogP contribution in [0.3, 0.4) is 0 Å². The molecule has 2 aromatic heterocycles. The van der Waals surface area contributed by atoms with E-state index in [9.17, 15) is 4.79 Å². The topological polar surface area (TPSA) is 81.9 Å². The number of benzene rings is 1. The number of hydrogen-bond donors (Lipinski definition) is 1. The molecule has 1 amide bonds. The summed E-state index contributed by atoms with van der Waals surface area (Å²) in [6, 6.07) is 8.95. The van der Waals surface area contributed by atoms with Gasteiger partial charge >= 0.3 is 0 Å². The summed E-state index contributed by atoms with van der Waals surface area (Å²) in [6.45, 7) is 5.69. The summed E-state index contributed by atoms with van der Waals surface area (Å²) in [6.07, 6.45) is 4.89. The molecule has 1 aromatic carbocycles. The Kier molecular flexibility index (Phi) is 5.26. The van der Waals surface area contributed by atoms with Gasteiger partial charge in [-0.15, -0.1) is 0 Å². The number of nitrogens with zero attached hydrogens (tertiary/aromatic N) is 4. The fourth-order valence-electron chi connectivity index (χ4n) is 2.50. The molecule has 0 aliphatic carbocycles. The number of aryl methyl sites for hydroxylation is 2. The summed E-state index contributed by atoms with van der Waals surface area (Å²) in [7, 11) is 0. The van der Waals surface area contributed by atoms with Crippen LogP contribution in [-0.2, 0) is 4.79 Å². The van der Waals surface area contributed by atoms with Crippen molar-refractivity contribution in [2.45, 2.75) is 33.6 Å². The van der Waals surface area contributed by atoms with Crippen molar-refractivity contribution in [2.24, 2.45) is 0 Å². The quantitative estimate of drug-likeness (QED) is 0.730. The normalized spacial score (nSPS) is 10.6. The van der Waals surface area contributed by atoms with E-state index in [0.717, 1.165) is 17.9 Å². The standard InChI is InChI=1S/C19H21N5O2/c1-4-5-18(25)23-15-6-8-16(9-7-15)26-19-12-17(21-13(2)22-19)24-11-10-20-14(24)3/h6-12H,4-5H2,1-3H3,(H,23,25). The molecule has 134 valence electrons. The Balaban J connectivity index is 1.76. The monoisotopic (exact) mass is 351 g/mol. The third kappa shape index (κ3) is 4.24. The number of aromatic nitrogens is 4. The molecule has 0 aliphatic rings. The van der Waals surface area contributed by atoms with E-state index in [4.69, 9.17) is 4.74 Å². The van der Waals surface area contributed by atoms with E-state index >= 15 is 0 Å².